The van der Waals surface area contributed by atoms with Crippen molar-refractivity contribution in [2.45, 2.75) is 4.90 Å². The fraction of sp³-hybridized carbons (Fsp3) is 0. The number of halogens is 3. The Morgan fingerprint density at radius 2 is 1.90 bits per heavy atom. The van der Waals surface area contributed by atoms with E-state index in [1.165, 1.54) is 24.3 Å². The van der Waals surface area contributed by atoms with Crippen LogP contribution >= 0.6 is 27.5 Å². The quantitative estimate of drug-likeness (QED) is 0.800. The summed E-state index contributed by atoms with van der Waals surface area (Å²) in [6.45, 7) is 0. The number of hydrogen-bond donors (Lipinski definition) is 2. The van der Waals surface area contributed by atoms with Gasteiger partial charge in [-0.2, -0.15) is 0 Å². The molecular formula is C12H9BrClFN2O2S. The molecule has 0 heterocycles. The number of nitrogen functional groups attached to an aromatic ring is 1. The minimum absolute atomic E-state index is 0.0213. The van der Waals surface area contributed by atoms with Crippen LogP contribution in [0.4, 0.5) is 15.8 Å². The van der Waals surface area contributed by atoms with Crippen LogP contribution in [0.1, 0.15) is 0 Å². The van der Waals surface area contributed by atoms with Crippen molar-refractivity contribution in [2.24, 2.45) is 0 Å². The monoisotopic (exact) mass is 378 g/mol. The van der Waals surface area contributed by atoms with E-state index < -0.39 is 15.8 Å². The first kappa shape index (κ1) is 15.1. The second-order valence-electron chi connectivity index (χ2n) is 3.92. The van der Waals surface area contributed by atoms with E-state index in [0.29, 0.717) is 10.2 Å². The third kappa shape index (κ3) is 3.23. The van der Waals surface area contributed by atoms with Crippen molar-refractivity contribution in [3.63, 3.8) is 0 Å². The molecule has 3 N–H and O–H groups in total. The molecule has 106 valence electrons. The summed E-state index contributed by atoms with van der Waals surface area (Å²) in [5.41, 5.74) is 5.94. The van der Waals surface area contributed by atoms with E-state index in [9.17, 15) is 12.8 Å². The van der Waals surface area contributed by atoms with Crippen LogP contribution in [0.3, 0.4) is 0 Å². The minimum Gasteiger partial charge on any atom is -0.399 e. The van der Waals surface area contributed by atoms with Gasteiger partial charge >= 0.3 is 0 Å². The van der Waals surface area contributed by atoms with Crippen LogP contribution < -0.4 is 10.5 Å². The average molecular weight is 380 g/mol. The highest BCUT2D eigenvalue weighted by Crippen LogP contribution is 2.29. The molecule has 0 bridgehead atoms. The van der Waals surface area contributed by atoms with Crippen LogP contribution in [0.25, 0.3) is 0 Å². The fourth-order valence-corrected chi connectivity index (χ4v) is 3.90. The van der Waals surface area contributed by atoms with E-state index in [0.717, 1.165) is 12.1 Å². The Kier molecular flexibility index (Phi) is 4.22. The van der Waals surface area contributed by atoms with Gasteiger partial charge in [0.1, 0.15) is 10.7 Å². The zero-order chi connectivity index (χ0) is 14.9. The Morgan fingerprint density at radius 1 is 1.20 bits per heavy atom. The first-order chi connectivity index (χ1) is 9.29. The molecule has 2 aromatic carbocycles. The second-order valence-corrected chi connectivity index (χ2v) is 6.83. The van der Waals surface area contributed by atoms with Crippen molar-refractivity contribution >= 4 is 48.9 Å². The lowest BCUT2D eigenvalue weighted by Gasteiger charge is -2.11. The number of nitrogens with one attached hydrogen (secondary N) is 1. The Labute approximate surface area is 128 Å². The van der Waals surface area contributed by atoms with E-state index in [1.807, 2.05) is 0 Å². The van der Waals surface area contributed by atoms with Crippen molar-refractivity contribution < 1.29 is 12.8 Å². The number of hydrogen-bond acceptors (Lipinski definition) is 3. The predicted molar refractivity (Wildman–Crippen MR) is 80.8 cm³/mol. The Hall–Kier alpha value is -1.31. The zero-order valence-corrected chi connectivity index (χ0v) is 13.1. The molecule has 0 saturated heterocycles. The van der Waals surface area contributed by atoms with Gasteiger partial charge in [0.25, 0.3) is 10.0 Å². The van der Waals surface area contributed by atoms with Crippen LogP contribution in [0.15, 0.2) is 45.8 Å². The highest BCUT2D eigenvalue weighted by Gasteiger charge is 2.19. The van der Waals surface area contributed by atoms with Gasteiger partial charge in [-0.15, -0.1) is 0 Å². The highest BCUT2D eigenvalue weighted by molar-refractivity contribution is 9.10. The molecule has 0 aliphatic rings. The van der Waals surface area contributed by atoms with Crippen molar-refractivity contribution in [1.82, 2.24) is 0 Å². The van der Waals surface area contributed by atoms with E-state index in [2.05, 4.69) is 20.7 Å². The van der Waals surface area contributed by atoms with Crippen LogP contribution in [-0.4, -0.2) is 8.42 Å². The summed E-state index contributed by atoms with van der Waals surface area (Å²) in [7, 11) is -3.90. The lowest BCUT2D eigenvalue weighted by atomic mass is 10.3. The van der Waals surface area contributed by atoms with Gasteiger partial charge < -0.3 is 5.73 Å². The van der Waals surface area contributed by atoms with Crippen molar-refractivity contribution in [3.05, 3.63) is 51.7 Å². The van der Waals surface area contributed by atoms with Crippen molar-refractivity contribution in [3.8, 4) is 0 Å². The Bertz CT molecular complexity index is 768. The molecule has 4 nitrogen and oxygen atoms in total. The molecule has 0 fully saturated rings. The van der Waals surface area contributed by atoms with Crippen LogP contribution in [0.5, 0.6) is 0 Å². The lowest BCUT2D eigenvalue weighted by Crippen LogP contribution is -2.14. The highest BCUT2D eigenvalue weighted by atomic mass is 79.9. The fourth-order valence-electron chi connectivity index (χ4n) is 1.51. The third-order valence-electron chi connectivity index (χ3n) is 2.42. The predicted octanol–water partition coefficient (Wildman–Crippen LogP) is 3.62. The van der Waals surface area contributed by atoms with Gasteiger partial charge in [-0.3, -0.25) is 4.72 Å². The lowest BCUT2D eigenvalue weighted by molar-refractivity contribution is 0.600. The maximum Gasteiger partial charge on any atom is 0.263 e. The molecule has 0 atom stereocenters. The van der Waals surface area contributed by atoms with Crippen LogP contribution in [0, 0.1) is 5.82 Å². The molecule has 0 aliphatic carbocycles. The summed E-state index contributed by atoms with van der Waals surface area (Å²) in [4.78, 5) is -0.0213. The van der Waals surface area contributed by atoms with Crippen molar-refractivity contribution in [1.29, 1.82) is 0 Å². The van der Waals surface area contributed by atoms with Gasteiger partial charge in [-0.1, -0.05) is 11.6 Å². The summed E-state index contributed by atoms with van der Waals surface area (Å²) < 4.78 is 40.1. The minimum atomic E-state index is -3.90. The summed E-state index contributed by atoms with van der Waals surface area (Å²) in [5, 5.41) is 0.0987. The van der Waals surface area contributed by atoms with Gasteiger partial charge in [-0.25, -0.2) is 12.8 Å². The summed E-state index contributed by atoms with van der Waals surface area (Å²) in [6, 6.07) is 7.67. The standard InChI is InChI=1S/C12H9BrClFN2O2S/c13-9-6-8(16)2-4-12(9)20(18,19)17-11-5-7(15)1-3-10(11)14/h1-6,17H,16H2. The normalized spacial score (nSPS) is 11.3. The van der Waals surface area contributed by atoms with Gasteiger partial charge in [0.05, 0.1) is 10.7 Å². The van der Waals surface area contributed by atoms with Gasteiger partial charge in [0, 0.05) is 10.2 Å². The van der Waals surface area contributed by atoms with E-state index in [1.54, 1.807) is 0 Å². The molecular weight excluding hydrogens is 371 g/mol. The zero-order valence-electron chi connectivity index (χ0n) is 9.90. The SMILES string of the molecule is Nc1ccc(S(=O)(=O)Nc2cc(F)ccc2Cl)c(Br)c1. The molecule has 0 amide bonds. The second kappa shape index (κ2) is 5.59. The van der Waals surface area contributed by atoms with Crippen LogP contribution in [0.2, 0.25) is 5.02 Å². The first-order valence-electron chi connectivity index (χ1n) is 5.32. The smallest absolute Gasteiger partial charge is 0.263 e. The third-order valence-corrected chi connectivity index (χ3v) is 5.09. The molecule has 2 rings (SSSR count). The molecule has 0 spiro atoms. The maximum atomic E-state index is 13.1. The Balaban J connectivity index is 2.43. The van der Waals surface area contributed by atoms with Crippen molar-refractivity contribution in [2.75, 3.05) is 10.5 Å². The van der Waals surface area contributed by atoms with Gasteiger partial charge in [0.2, 0.25) is 0 Å². The van der Waals surface area contributed by atoms with Gasteiger partial charge in [-0.05, 0) is 52.3 Å². The summed E-state index contributed by atoms with van der Waals surface area (Å²) in [5.74, 6) is -0.594. The van der Waals surface area contributed by atoms with E-state index in [-0.39, 0.29) is 15.6 Å². The molecule has 20 heavy (non-hydrogen) atoms. The maximum absolute atomic E-state index is 13.1. The number of anilines is 2. The van der Waals surface area contributed by atoms with Crippen LogP contribution in [-0.2, 0) is 10.0 Å². The molecule has 0 aliphatic heterocycles. The number of nitrogens with two attached hydrogens (primary N) is 1. The number of sulfonamides is 1. The summed E-state index contributed by atoms with van der Waals surface area (Å²) in [6.07, 6.45) is 0. The van der Waals surface area contributed by atoms with E-state index in [4.69, 9.17) is 17.3 Å². The molecule has 0 unspecified atom stereocenters. The molecule has 0 saturated carbocycles. The molecule has 8 heteroatoms. The van der Waals surface area contributed by atoms with Gasteiger partial charge in [0.15, 0.2) is 0 Å². The first-order valence-corrected chi connectivity index (χ1v) is 7.98. The number of rotatable bonds is 3. The van der Waals surface area contributed by atoms with E-state index >= 15 is 0 Å². The molecule has 0 radical (unpaired) electrons. The molecule has 0 aromatic heterocycles. The average Bonchev–Trinajstić information content (AvgIpc) is 2.33. The largest absolute Gasteiger partial charge is 0.399 e. The topological polar surface area (TPSA) is 72.2 Å². The summed E-state index contributed by atoms with van der Waals surface area (Å²) >= 11 is 8.95. The molecule has 2 aromatic rings. The number of benzene rings is 2. The Morgan fingerprint density at radius 3 is 2.55 bits per heavy atom.